The lowest BCUT2D eigenvalue weighted by Gasteiger charge is -2.11. The first-order chi connectivity index (χ1) is 16.6. The Hall–Kier alpha value is -4.26. The molecule has 0 spiro atoms. The van der Waals surface area contributed by atoms with Crippen LogP contribution in [0.3, 0.4) is 0 Å². The van der Waals surface area contributed by atoms with E-state index in [0.717, 1.165) is 16.9 Å². The van der Waals surface area contributed by atoms with Gasteiger partial charge in [0.1, 0.15) is 5.69 Å². The van der Waals surface area contributed by atoms with E-state index in [-0.39, 0.29) is 17.3 Å². The minimum absolute atomic E-state index is 0.0177. The van der Waals surface area contributed by atoms with E-state index in [1.807, 2.05) is 37.4 Å². The SMILES string of the molecule is CCCOc1ccc(/C=N\NC(=O)c2nnn(-c3nonc3N)c2-c2cccs2)cc1OCC. The van der Waals surface area contributed by atoms with Crippen LogP contribution < -0.4 is 20.6 Å². The highest BCUT2D eigenvalue weighted by Crippen LogP contribution is 2.30. The zero-order chi connectivity index (χ0) is 23.9. The van der Waals surface area contributed by atoms with Gasteiger partial charge in [-0.25, -0.2) is 10.1 Å². The number of nitrogen functional groups attached to an aromatic ring is 1. The second kappa shape index (κ2) is 10.6. The second-order valence-corrected chi connectivity index (χ2v) is 7.78. The van der Waals surface area contributed by atoms with E-state index in [4.69, 9.17) is 15.2 Å². The largest absolute Gasteiger partial charge is 0.490 e. The van der Waals surface area contributed by atoms with Gasteiger partial charge in [0, 0.05) is 0 Å². The number of nitrogens with one attached hydrogen (secondary N) is 1. The number of carbonyl (C=O) groups excluding carboxylic acids is 1. The lowest BCUT2D eigenvalue weighted by atomic mass is 10.2. The number of rotatable bonds is 10. The maximum atomic E-state index is 12.9. The number of nitrogens with two attached hydrogens (primary N) is 1. The highest BCUT2D eigenvalue weighted by Gasteiger charge is 2.25. The Kier molecular flexibility index (Phi) is 7.13. The topological polar surface area (TPSA) is 156 Å². The summed E-state index contributed by atoms with van der Waals surface area (Å²) in [6, 6.07) is 9.07. The van der Waals surface area contributed by atoms with Crippen molar-refractivity contribution in [3.05, 3.63) is 47.0 Å². The Morgan fingerprint density at radius 1 is 1.26 bits per heavy atom. The van der Waals surface area contributed by atoms with Crippen molar-refractivity contribution in [1.82, 2.24) is 30.7 Å². The smallest absolute Gasteiger partial charge is 0.294 e. The van der Waals surface area contributed by atoms with Crippen LogP contribution in [0.4, 0.5) is 5.82 Å². The fourth-order valence-corrected chi connectivity index (χ4v) is 3.73. The summed E-state index contributed by atoms with van der Waals surface area (Å²) >= 11 is 1.40. The van der Waals surface area contributed by atoms with Crippen LogP contribution in [0.15, 0.2) is 45.4 Å². The van der Waals surface area contributed by atoms with Crippen LogP contribution >= 0.6 is 11.3 Å². The Bertz CT molecular complexity index is 1280. The Labute approximate surface area is 198 Å². The van der Waals surface area contributed by atoms with E-state index in [9.17, 15) is 4.79 Å². The van der Waals surface area contributed by atoms with Gasteiger partial charge in [0.15, 0.2) is 17.2 Å². The predicted octanol–water partition coefficient (Wildman–Crippen LogP) is 2.91. The molecule has 3 N–H and O–H groups in total. The maximum Gasteiger partial charge on any atom is 0.294 e. The Morgan fingerprint density at radius 2 is 2.15 bits per heavy atom. The fourth-order valence-electron chi connectivity index (χ4n) is 2.98. The molecule has 1 aromatic carbocycles. The molecule has 0 aliphatic rings. The molecule has 13 heteroatoms. The first kappa shape index (κ1) is 22.9. The van der Waals surface area contributed by atoms with Crippen molar-refractivity contribution >= 4 is 29.3 Å². The molecule has 3 heterocycles. The van der Waals surface area contributed by atoms with E-state index in [1.54, 1.807) is 12.1 Å². The summed E-state index contributed by atoms with van der Waals surface area (Å²) in [7, 11) is 0. The van der Waals surface area contributed by atoms with Crippen LogP contribution in [0.1, 0.15) is 36.3 Å². The van der Waals surface area contributed by atoms with Gasteiger partial charge in [0.2, 0.25) is 11.6 Å². The molecule has 0 saturated carbocycles. The third-order valence-corrected chi connectivity index (χ3v) is 5.32. The van der Waals surface area contributed by atoms with Crippen LogP contribution in [-0.2, 0) is 0 Å². The average Bonchev–Trinajstić information content (AvgIpc) is 3.59. The van der Waals surface area contributed by atoms with Gasteiger partial charge in [-0.05, 0) is 58.9 Å². The lowest BCUT2D eigenvalue weighted by Crippen LogP contribution is -2.19. The molecular weight excluding hydrogens is 460 g/mol. The summed E-state index contributed by atoms with van der Waals surface area (Å²) in [5, 5.41) is 21.3. The van der Waals surface area contributed by atoms with Crippen molar-refractivity contribution in [1.29, 1.82) is 0 Å². The van der Waals surface area contributed by atoms with E-state index < -0.39 is 5.91 Å². The van der Waals surface area contributed by atoms with Gasteiger partial charge < -0.3 is 15.2 Å². The van der Waals surface area contributed by atoms with E-state index in [1.165, 1.54) is 22.2 Å². The molecule has 4 aromatic rings. The second-order valence-electron chi connectivity index (χ2n) is 6.84. The molecule has 0 radical (unpaired) electrons. The summed E-state index contributed by atoms with van der Waals surface area (Å²) in [6.07, 6.45) is 2.39. The summed E-state index contributed by atoms with van der Waals surface area (Å²) in [6.45, 7) is 5.01. The minimum atomic E-state index is -0.561. The zero-order valence-electron chi connectivity index (χ0n) is 18.5. The molecular formula is C21H22N8O4S. The number of hydrogen-bond acceptors (Lipinski definition) is 11. The molecule has 0 fully saturated rings. The molecule has 4 rings (SSSR count). The molecule has 0 atom stereocenters. The number of ether oxygens (including phenoxy) is 2. The van der Waals surface area contributed by atoms with Crippen LogP contribution in [0, 0.1) is 0 Å². The summed E-state index contributed by atoms with van der Waals surface area (Å²) < 4.78 is 17.3. The number of hydrogen-bond donors (Lipinski definition) is 2. The zero-order valence-corrected chi connectivity index (χ0v) is 19.3. The molecule has 0 saturated heterocycles. The van der Waals surface area contributed by atoms with Crippen LogP contribution in [0.25, 0.3) is 16.4 Å². The summed E-state index contributed by atoms with van der Waals surface area (Å²) in [4.78, 5) is 13.6. The molecule has 0 aliphatic heterocycles. The van der Waals surface area contributed by atoms with Gasteiger partial charge in [0.25, 0.3) is 5.91 Å². The number of nitrogens with zero attached hydrogens (tertiary/aromatic N) is 6. The maximum absolute atomic E-state index is 12.9. The number of aromatic nitrogens is 5. The van der Waals surface area contributed by atoms with Gasteiger partial charge in [0.05, 0.1) is 24.3 Å². The molecule has 0 unspecified atom stereocenters. The van der Waals surface area contributed by atoms with Gasteiger partial charge in [-0.3, -0.25) is 4.79 Å². The fraction of sp³-hybridized carbons (Fsp3) is 0.238. The third kappa shape index (κ3) is 4.88. The number of anilines is 1. The molecule has 12 nitrogen and oxygen atoms in total. The third-order valence-electron chi connectivity index (χ3n) is 4.45. The Morgan fingerprint density at radius 3 is 2.85 bits per heavy atom. The first-order valence-corrected chi connectivity index (χ1v) is 11.3. The summed E-state index contributed by atoms with van der Waals surface area (Å²) in [5.41, 5.74) is 9.43. The van der Waals surface area contributed by atoms with Crippen molar-refractivity contribution in [2.45, 2.75) is 20.3 Å². The highest BCUT2D eigenvalue weighted by atomic mass is 32.1. The number of thiophene rings is 1. The van der Waals surface area contributed by atoms with Crippen molar-refractivity contribution in [3.8, 4) is 27.9 Å². The highest BCUT2D eigenvalue weighted by molar-refractivity contribution is 7.13. The van der Waals surface area contributed by atoms with Crippen molar-refractivity contribution in [3.63, 3.8) is 0 Å². The van der Waals surface area contributed by atoms with Crippen molar-refractivity contribution in [2.24, 2.45) is 5.10 Å². The molecule has 3 aromatic heterocycles. The molecule has 1 amide bonds. The van der Waals surface area contributed by atoms with E-state index in [2.05, 4.69) is 35.8 Å². The van der Waals surface area contributed by atoms with Crippen LogP contribution in [0.2, 0.25) is 0 Å². The number of carbonyl (C=O) groups is 1. The quantitative estimate of drug-likeness (QED) is 0.256. The summed E-state index contributed by atoms with van der Waals surface area (Å²) in [5.74, 6) is 0.849. The first-order valence-electron chi connectivity index (χ1n) is 10.4. The van der Waals surface area contributed by atoms with Crippen molar-refractivity contribution in [2.75, 3.05) is 18.9 Å². The normalized spacial score (nSPS) is 11.1. The van der Waals surface area contributed by atoms with Gasteiger partial charge in [-0.2, -0.15) is 9.78 Å². The standard InChI is InChI=1S/C21H22N8O4S/c1-3-9-32-14-8-7-13(11-15(14)31-4-2)12-23-25-21(30)17-18(16-6-5-10-34-16)29(28-24-17)20-19(22)26-33-27-20/h5-8,10-12H,3-4,9H2,1-2H3,(H2,22,26)(H,25,30)/b23-12-. The molecule has 0 aliphatic carbocycles. The number of amides is 1. The van der Waals surface area contributed by atoms with Crippen LogP contribution in [-0.4, -0.2) is 50.6 Å². The van der Waals surface area contributed by atoms with Gasteiger partial charge in [-0.1, -0.05) is 18.2 Å². The lowest BCUT2D eigenvalue weighted by molar-refractivity contribution is 0.0951. The van der Waals surface area contributed by atoms with E-state index >= 15 is 0 Å². The Balaban J connectivity index is 1.55. The van der Waals surface area contributed by atoms with Crippen LogP contribution in [0.5, 0.6) is 11.5 Å². The van der Waals surface area contributed by atoms with Gasteiger partial charge in [-0.15, -0.1) is 16.4 Å². The van der Waals surface area contributed by atoms with Crippen molar-refractivity contribution < 1.29 is 18.9 Å². The molecule has 34 heavy (non-hydrogen) atoms. The monoisotopic (exact) mass is 482 g/mol. The number of benzene rings is 1. The minimum Gasteiger partial charge on any atom is -0.490 e. The molecule has 176 valence electrons. The molecule has 0 bridgehead atoms. The van der Waals surface area contributed by atoms with Gasteiger partial charge >= 0.3 is 0 Å². The predicted molar refractivity (Wildman–Crippen MR) is 125 cm³/mol. The average molecular weight is 483 g/mol. The van der Waals surface area contributed by atoms with E-state index in [0.29, 0.717) is 30.4 Å². The number of hydrazone groups is 1.